The number of nitrogens with one attached hydrogen (secondary N) is 2. The average molecular weight is 236 g/mol. The summed E-state index contributed by atoms with van der Waals surface area (Å²) in [6.07, 6.45) is 0.561. The van der Waals surface area contributed by atoms with E-state index in [1.807, 2.05) is 6.92 Å². The van der Waals surface area contributed by atoms with E-state index in [1.54, 1.807) is 24.3 Å². The van der Waals surface area contributed by atoms with Crippen molar-refractivity contribution in [2.24, 2.45) is 11.5 Å². The van der Waals surface area contributed by atoms with Crippen molar-refractivity contribution in [3.8, 4) is 0 Å². The standard InChI is InChI=1S/C11H16N4O2/c1-2-9(12)10(16)14-7-4-3-5-8(6-7)15-11(13)17/h3-6,9H,2,12H2,1H3,(H,14,16)(H3,13,15,17)/t9-/m1/s1. The fourth-order valence-corrected chi connectivity index (χ4v) is 1.24. The van der Waals surface area contributed by atoms with Crippen molar-refractivity contribution in [1.29, 1.82) is 0 Å². The van der Waals surface area contributed by atoms with Crippen LogP contribution in [-0.4, -0.2) is 18.0 Å². The third-order valence-corrected chi connectivity index (χ3v) is 2.17. The summed E-state index contributed by atoms with van der Waals surface area (Å²) in [5.41, 5.74) is 11.6. The zero-order valence-electron chi connectivity index (χ0n) is 9.57. The zero-order chi connectivity index (χ0) is 12.8. The second kappa shape index (κ2) is 5.86. The summed E-state index contributed by atoms with van der Waals surface area (Å²) < 4.78 is 0. The molecule has 0 aliphatic carbocycles. The zero-order valence-corrected chi connectivity index (χ0v) is 9.57. The summed E-state index contributed by atoms with van der Waals surface area (Å²) >= 11 is 0. The van der Waals surface area contributed by atoms with E-state index in [2.05, 4.69) is 10.6 Å². The van der Waals surface area contributed by atoms with Crippen LogP contribution < -0.4 is 22.1 Å². The van der Waals surface area contributed by atoms with Crippen molar-refractivity contribution in [1.82, 2.24) is 0 Å². The molecule has 0 unspecified atom stereocenters. The number of hydrogen-bond acceptors (Lipinski definition) is 3. The van der Waals surface area contributed by atoms with Crippen molar-refractivity contribution in [2.75, 3.05) is 10.6 Å². The van der Waals surface area contributed by atoms with E-state index in [4.69, 9.17) is 11.5 Å². The first kappa shape index (κ1) is 13.0. The van der Waals surface area contributed by atoms with Crippen LogP contribution >= 0.6 is 0 Å². The van der Waals surface area contributed by atoms with Gasteiger partial charge in [-0.15, -0.1) is 0 Å². The molecule has 6 nitrogen and oxygen atoms in total. The van der Waals surface area contributed by atoms with Gasteiger partial charge in [-0.2, -0.15) is 0 Å². The number of nitrogens with two attached hydrogens (primary N) is 2. The molecular weight excluding hydrogens is 220 g/mol. The highest BCUT2D eigenvalue weighted by atomic mass is 16.2. The van der Waals surface area contributed by atoms with Crippen LogP contribution in [0.4, 0.5) is 16.2 Å². The molecule has 6 heteroatoms. The lowest BCUT2D eigenvalue weighted by molar-refractivity contribution is -0.117. The maximum Gasteiger partial charge on any atom is 0.316 e. The summed E-state index contributed by atoms with van der Waals surface area (Å²) in [5, 5.41) is 5.07. The number of rotatable bonds is 4. The SMILES string of the molecule is CC[C@@H](N)C(=O)Nc1cccc(NC(N)=O)c1. The molecule has 0 fully saturated rings. The van der Waals surface area contributed by atoms with E-state index in [9.17, 15) is 9.59 Å². The number of urea groups is 1. The molecule has 0 saturated heterocycles. The third-order valence-electron chi connectivity index (χ3n) is 2.17. The highest BCUT2D eigenvalue weighted by Gasteiger charge is 2.10. The van der Waals surface area contributed by atoms with Gasteiger partial charge >= 0.3 is 6.03 Å². The minimum absolute atomic E-state index is 0.260. The molecule has 0 aliphatic heterocycles. The maximum absolute atomic E-state index is 11.5. The van der Waals surface area contributed by atoms with Crippen LogP contribution in [0, 0.1) is 0 Å². The first-order valence-electron chi connectivity index (χ1n) is 5.26. The lowest BCUT2D eigenvalue weighted by atomic mass is 10.2. The lowest BCUT2D eigenvalue weighted by Gasteiger charge is -2.11. The molecular formula is C11H16N4O2. The van der Waals surface area contributed by atoms with Gasteiger partial charge in [0.05, 0.1) is 6.04 Å². The number of amides is 3. The summed E-state index contributed by atoms with van der Waals surface area (Å²) in [5.74, 6) is -0.260. The van der Waals surface area contributed by atoms with Crippen molar-refractivity contribution >= 4 is 23.3 Å². The third kappa shape index (κ3) is 4.12. The molecule has 0 saturated carbocycles. The molecule has 0 aliphatic rings. The molecule has 0 aromatic heterocycles. The number of primary amides is 1. The molecule has 6 N–H and O–H groups in total. The predicted octanol–water partition coefficient (Wildman–Crippen LogP) is 0.853. The molecule has 1 aromatic rings. The van der Waals surface area contributed by atoms with Crippen LogP contribution in [0.15, 0.2) is 24.3 Å². The largest absolute Gasteiger partial charge is 0.351 e. The molecule has 0 bridgehead atoms. The molecule has 0 spiro atoms. The Morgan fingerprint density at radius 1 is 1.29 bits per heavy atom. The van der Waals surface area contributed by atoms with Crippen molar-refractivity contribution < 1.29 is 9.59 Å². The van der Waals surface area contributed by atoms with Gasteiger partial charge in [0.15, 0.2) is 0 Å². The molecule has 1 rings (SSSR count). The van der Waals surface area contributed by atoms with Crippen molar-refractivity contribution in [2.45, 2.75) is 19.4 Å². The second-order valence-electron chi connectivity index (χ2n) is 3.57. The van der Waals surface area contributed by atoms with E-state index < -0.39 is 12.1 Å². The number of carbonyl (C=O) groups excluding carboxylic acids is 2. The quantitative estimate of drug-likeness (QED) is 0.622. The summed E-state index contributed by atoms with van der Waals surface area (Å²) in [7, 11) is 0. The highest BCUT2D eigenvalue weighted by molar-refractivity contribution is 5.95. The monoisotopic (exact) mass is 236 g/mol. The number of benzene rings is 1. The highest BCUT2D eigenvalue weighted by Crippen LogP contribution is 2.15. The Balaban J connectivity index is 2.72. The van der Waals surface area contributed by atoms with Gasteiger partial charge in [-0.3, -0.25) is 4.79 Å². The van der Waals surface area contributed by atoms with E-state index in [0.29, 0.717) is 17.8 Å². The Labute approximate surface area is 99.4 Å². The normalized spacial score (nSPS) is 11.6. The van der Waals surface area contributed by atoms with Gasteiger partial charge in [0.25, 0.3) is 0 Å². The van der Waals surface area contributed by atoms with Gasteiger partial charge in [-0.1, -0.05) is 13.0 Å². The Bertz CT molecular complexity index is 420. The van der Waals surface area contributed by atoms with Crippen molar-refractivity contribution in [3.05, 3.63) is 24.3 Å². The molecule has 17 heavy (non-hydrogen) atoms. The fraction of sp³-hybridized carbons (Fsp3) is 0.273. The van der Waals surface area contributed by atoms with Gasteiger partial charge in [-0.05, 0) is 24.6 Å². The van der Waals surface area contributed by atoms with Gasteiger partial charge in [0.1, 0.15) is 0 Å². The van der Waals surface area contributed by atoms with Crippen LogP contribution in [0.25, 0.3) is 0 Å². The number of hydrogen-bond donors (Lipinski definition) is 4. The fourth-order valence-electron chi connectivity index (χ4n) is 1.24. The van der Waals surface area contributed by atoms with Crippen LogP contribution in [-0.2, 0) is 4.79 Å². The Hall–Kier alpha value is -2.08. The maximum atomic E-state index is 11.5. The summed E-state index contributed by atoms with van der Waals surface area (Å²) in [4.78, 5) is 22.2. The predicted molar refractivity (Wildman–Crippen MR) is 66.5 cm³/mol. The van der Waals surface area contributed by atoms with Gasteiger partial charge < -0.3 is 22.1 Å². The van der Waals surface area contributed by atoms with Crippen LogP contribution in [0.5, 0.6) is 0 Å². The Morgan fingerprint density at radius 2 is 1.88 bits per heavy atom. The topological polar surface area (TPSA) is 110 Å². The van der Waals surface area contributed by atoms with E-state index in [-0.39, 0.29) is 5.91 Å². The molecule has 1 atom stereocenters. The van der Waals surface area contributed by atoms with Crippen LogP contribution in [0.1, 0.15) is 13.3 Å². The smallest absolute Gasteiger partial charge is 0.316 e. The van der Waals surface area contributed by atoms with Crippen molar-refractivity contribution in [3.63, 3.8) is 0 Å². The molecule has 0 heterocycles. The van der Waals surface area contributed by atoms with E-state index in [1.165, 1.54) is 0 Å². The van der Waals surface area contributed by atoms with Gasteiger partial charge in [-0.25, -0.2) is 4.79 Å². The number of anilines is 2. The Kier molecular flexibility index (Phi) is 4.47. The summed E-state index contributed by atoms with van der Waals surface area (Å²) in [6.45, 7) is 1.83. The molecule has 1 aromatic carbocycles. The number of carbonyl (C=O) groups is 2. The van der Waals surface area contributed by atoms with Gasteiger partial charge in [0, 0.05) is 11.4 Å². The molecule has 3 amide bonds. The van der Waals surface area contributed by atoms with Gasteiger partial charge in [0.2, 0.25) is 5.91 Å². The Morgan fingerprint density at radius 3 is 2.41 bits per heavy atom. The first-order chi connectivity index (χ1) is 8.02. The minimum atomic E-state index is -0.654. The van der Waals surface area contributed by atoms with E-state index >= 15 is 0 Å². The molecule has 92 valence electrons. The van der Waals surface area contributed by atoms with Crippen LogP contribution in [0.2, 0.25) is 0 Å². The minimum Gasteiger partial charge on any atom is -0.351 e. The van der Waals surface area contributed by atoms with E-state index in [0.717, 1.165) is 0 Å². The van der Waals surface area contributed by atoms with Crippen LogP contribution in [0.3, 0.4) is 0 Å². The average Bonchev–Trinajstić information content (AvgIpc) is 2.27. The lowest BCUT2D eigenvalue weighted by Crippen LogP contribution is -2.34. The first-order valence-corrected chi connectivity index (χ1v) is 5.26. The summed E-state index contributed by atoms with van der Waals surface area (Å²) in [6, 6.07) is 5.47. The second-order valence-corrected chi connectivity index (χ2v) is 3.57. The molecule has 0 radical (unpaired) electrons.